The number of ether oxygens (including phenoxy) is 3. The zero-order chi connectivity index (χ0) is 17.5. The van der Waals surface area contributed by atoms with Crippen LogP contribution in [0.2, 0.25) is 0 Å². The smallest absolute Gasteiger partial charge is 0.383 e. The maximum atomic E-state index is 12.1. The Bertz CT molecular complexity index is 758. The van der Waals surface area contributed by atoms with E-state index in [1.54, 1.807) is 6.07 Å². The molecule has 0 fully saturated rings. The van der Waals surface area contributed by atoms with Crippen molar-refractivity contribution < 1.29 is 18.6 Å². The molecular formula is C19H24O5. The second-order valence-electron chi connectivity index (χ2n) is 5.59. The lowest BCUT2D eigenvalue weighted by Crippen LogP contribution is -2.09. The first kappa shape index (κ1) is 17.9. The molecule has 0 aliphatic heterocycles. The minimum atomic E-state index is -0.564. The van der Waals surface area contributed by atoms with Crippen LogP contribution in [0.5, 0.6) is 17.2 Å². The summed E-state index contributed by atoms with van der Waals surface area (Å²) in [5, 5.41) is 0.682. The Labute approximate surface area is 141 Å². The molecule has 0 atom stereocenters. The van der Waals surface area contributed by atoms with Gasteiger partial charge in [-0.2, -0.15) is 0 Å². The molecule has 2 rings (SSSR count). The van der Waals surface area contributed by atoms with Crippen LogP contribution in [0.1, 0.15) is 33.6 Å². The highest BCUT2D eigenvalue weighted by Gasteiger charge is 2.17. The highest BCUT2D eigenvalue weighted by Crippen LogP contribution is 2.34. The van der Waals surface area contributed by atoms with E-state index in [1.165, 1.54) is 7.11 Å². The highest BCUT2D eigenvalue weighted by atomic mass is 16.5. The van der Waals surface area contributed by atoms with Crippen LogP contribution in [0.15, 0.2) is 39.6 Å². The van der Waals surface area contributed by atoms with Gasteiger partial charge in [0.25, 0.3) is 0 Å². The van der Waals surface area contributed by atoms with Gasteiger partial charge in [-0.3, -0.25) is 0 Å². The summed E-state index contributed by atoms with van der Waals surface area (Å²) in [7, 11) is 1.43. The third-order valence-corrected chi connectivity index (χ3v) is 3.30. The first-order valence-electron chi connectivity index (χ1n) is 8.16. The summed E-state index contributed by atoms with van der Waals surface area (Å²) in [6.45, 7) is 6.41. The zero-order valence-corrected chi connectivity index (χ0v) is 14.6. The van der Waals surface area contributed by atoms with Crippen LogP contribution in [-0.2, 0) is 0 Å². The van der Waals surface area contributed by atoms with Crippen molar-refractivity contribution in [3.8, 4) is 17.2 Å². The van der Waals surface area contributed by atoms with Gasteiger partial charge >= 0.3 is 5.63 Å². The van der Waals surface area contributed by atoms with Crippen molar-refractivity contribution in [3.05, 3.63) is 40.8 Å². The van der Waals surface area contributed by atoms with Gasteiger partial charge in [0.2, 0.25) is 5.75 Å². The van der Waals surface area contributed by atoms with E-state index in [4.69, 9.17) is 18.6 Å². The molecule has 0 N–H and O–H groups in total. The Morgan fingerprint density at radius 3 is 2.67 bits per heavy atom. The molecular weight excluding hydrogens is 308 g/mol. The van der Waals surface area contributed by atoms with E-state index >= 15 is 0 Å². The fraction of sp³-hybridized carbons (Fsp3) is 0.421. The van der Waals surface area contributed by atoms with Crippen LogP contribution in [0.25, 0.3) is 11.0 Å². The van der Waals surface area contributed by atoms with Crippen molar-refractivity contribution in [2.45, 2.75) is 39.7 Å². The summed E-state index contributed by atoms with van der Waals surface area (Å²) in [5.74, 6) is 1.13. The Morgan fingerprint density at radius 2 is 2.00 bits per heavy atom. The van der Waals surface area contributed by atoms with E-state index in [9.17, 15) is 4.79 Å². The van der Waals surface area contributed by atoms with E-state index in [1.807, 2.05) is 26.0 Å². The van der Waals surface area contributed by atoms with Crippen molar-refractivity contribution in [2.75, 3.05) is 13.7 Å². The molecule has 0 unspecified atom stereocenters. The summed E-state index contributed by atoms with van der Waals surface area (Å²) in [6.07, 6.45) is 5.91. The first-order valence-corrected chi connectivity index (χ1v) is 8.16. The van der Waals surface area contributed by atoms with Gasteiger partial charge in [-0.05, 0) is 38.8 Å². The Hall–Kier alpha value is -2.43. The average Bonchev–Trinajstić information content (AvgIpc) is 2.53. The number of allylic oxidation sites excluding steroid dienone is 1. The molecule has 1 aromatic carbocycles. The van der Waals surface area contributed by atoms with E-state index in [0.717, 1.165) is 12.8 Å². The highest BCUT2D eigenvalue weighted by molar-refractivity contribution is 5.86. The van der Waals surface area contributed by atoms with Crippen LogP contribution >= 0.6 is 0 Å². The first-order chi connectivity index (χ1) is 11.6. The van der Waals surface area contributed by atoms with Gasteiger partial charge in [-0.25, -0.2) is 4.79 Å². The quantitative estimate of drug-likeness (QED) is 0.409. The molecule has 0 aliphatic rings. The normalized spacial score (nSPS) is 11.4. The molecule has 0 bridgehead atoms. The standard InChI is InChI=1S/C19H24O5/c1-5-6-7-8-11-22-17-15-10-9-14(23-13(2)3)12-16(15)24-19(20)18(17)21-4/h6-7,9-10,12-13H,5,8,11H2,1-4H3. The van der Waals surface area contributed by atoms with Gasteiger partial charge in [0.05, 0.1) is 25.2 Å². The zero-order valence-electron chi connectivity index (χ0n) is 14.6. The average molecular weight is 332 g/mol. The van der Waals surface area contributed by atoms with Gasteiger partial charge in [0.15, 0.2) is 5.75 Å². The summed E-state index contributed by atoms with van der Waals surface area (Å²) in [6, 6.07) is 5.33. The molecule has 0 saturated carbocycles. The van der Waals surface area contributed by atoms with Gasteiger partial charge in [-0.15, -0.1) is 0 Å². The molecule has 0 spiro atoms. The van der Waals surface area contributed by atoms with Crippen molar-refractivity contribution in [2.24, 2.45) is 0 Å². The van der Waals surface area contributed by atoms with Crippen molar-refractivity contribution in [3.63, 3.8) is 0 Å². The second-order valence-corrected chi connectivity index (χ2v) is 5.59. The Balaban J connectivity index is 2.38. The fourth-order valence-corrected chi connectivity index (χ4v) is 2.31. The lowest BCUT2D eigenvalue weighted by atomic mass is 10.2. The number of fused-ring (bicyclic) bond motifs is 1. The van der Waals surface area contributed by atoms with Gasteiger partial charge < -0.3 is 18.6 Å². The van der Waals surface area contributed by atoms with E-state index in [2.05, 4.69) is 19.1 Å². The third kappa shape index (κ3) is 4.31. The number of hydrogen-bond acceptors (Lipinski definition) is 5. The Kier molecular flexibility index (Phi) is 6.29. The summed E-state index contributed by atoms with van der Waals surface area (Å²) in [5.41, 5.74) is -0.149. The number of methoxy groups -OCH3 is 1. The van der Waals surface area contributed by atoms with E-state index in [0.29, 0.717) is 29.1 Å². The van der Waals surface area contributed by atoms with Crippen LogP contribution in [0, 0.1) is 0 Å². The molecule has 130 valence electrons. The Morgan fingerprint density at radius 1 is 1.21 bits per heavy atom. The largest absolute Gasteiger partial charge is 0.491 e. The van der Waals surface area contributed by atoms with Crippen LogP contribution in [-0.4, -0.2) is 19.8 Å². The van der Waals surface area contributed by atoms with Gasteiger partial charge in [0.1, 0.15) is 11.3 Å². The predicted octanol–water partition coefficient (Wildman–Crippen LogP) is 4.32. The number of benzene rings is 1. The predicted molar refractivity (Wildman–Crippen MR) is 94.3 cm³/mol. The minimum absolute atomic E-state index is 0.0356. The van der Waals surface area contributed by atoms with E-state index in [-0.39, 0.29) is 11.9 Å². The van der Waals surface area contributed by atoms with Crippen molar-refractivity contribution in [1.82, 2.24) is 0 Å². The van der Waals surface area contributed by atoms with Crippen LogP contribution < -0.4 is 19.8 Å². The monoisotopic (exact) mass is 332 g/mol. The van der Waals surface area contributed by atoms with Gasteiger partial charge in [0, 0.05) is 6.07 Å². The molecule has 0 amide bonds. The fourth-order valence-electron chi connectivity index (χ4n) is 2.31. The molecule has 5 heteroatoms. The van der Waals surface area contributed by atoms with Crippen LogP contribution in [0.3, 0.4) is 0 Å². The summed E-state index contributed by atoms with van der Waals surface area (Å²) >= 11 is 0. The molecule has 0 radical (unpaired) electrons. The van der Waals surface area contributed by atoms with E-state index < -0.39 is 5.63 Å². The van der Waals surface area contributed by atoms with Gasteiger partial charge in [-0.1, -0.05) is 19.1 Å². The molecule has 24 heavy (non-hydrogen) atoms. The maximum Gasteiger partial charge on any atom is 0.383 e. The molecule has 5 nitrogen and oxygen atoms in total. The lowest BCUT2D eigenvalue weighted by molar-refractivity contribution is 0.242. The van der Waals surface area contributed by atoms with Crippen LogP contribution in [0.4, 0.5) is 0 Å². The molecule has 2 aromatic rings. The third-order valence-electron chi connectivity index (χ3n) is 3.30. The molecule has 1 aromatic heterocycles. The molecule has 0 saturated heterocycles. The minimum Gasteiger partial charge on any atom is -0.491 e. The van der Waals surface area contributed by atoms with Crippen molar-refractivity contribution >= 4 is 11.0 Å². The number of hydrogen-bond donors (Lipinski definition) is 0. The lowest BCUT2D eigenvalue weighted by Gasteiger charge is -2.13. The summed E-state index contributed by atoms with van der Waals surface area (Å²) in [4.78, 5) is 12.1. The second kappa shape index (κ2) is 8.43. The SMILES string of the molecule is CCC=CCCOc1c(OC)c(=O)oc2cc(OC(C)C)ccc12. The number of rotatable bonds is 8. The summed E-state index contributed by atoms with van der Waals surface area (Å²) < 4.78 is 22.0. The molecule has 1 heterocycles. The maximum absolute atomic E-state index is 12.1. The topological polar surface area (TPSA) is 57.9 Å². The van der Waals surface area contributed by atoms with Crippen molar-refractivity contribution in [1.29, 1.82) is 0 Å². The molecule has 0 aliphatic carbocycles.